The van der Waals surface area contributed by atoms with Crippen LogP contribution in [0.1, 0.15) is 42.3 Å². The van der Waals surface area contributed by atoms with Gasteiger partial charge in [0, 0.05) is 39.6 Å². The van der Waals surface area contributed by atoms with Crippen molar-refractivity contribution in [3.05, 3.63) is 68.6 Å². The Balaban J connectivity index is 1.91. The number of halogens is 1. The van der Waals surface area contributed by atoms with Crippen molar-refractivity contribution in [2.24, 2.45) is 10.9 Å². The van der Waals surface area contributed by atoms with Crippen molar-refractivity contribution in [1.82, 2.24) is 4.98 Å². The van der Waals surface area contributed by atoms with Gasteiger partial charge in [-0.2, -0.15) is 0 Å². The van der Waals surface area contributed by atoms with Crippen molar-refractivity contribution < 1.29 is 19.1 Å². The van der Waals surface area contributed by atoms with Gasteiger partial charge in [-0.1, -0.05) is 28.1 Å². The van der Waals surface area contributed by atoms with Gasteiger partial charge in [0.2, 0.25) is 0 Å². The third-order valence-electron chi connectivity index (χ3n) is 5.57. The minimum atomic E-state index is -0.694. The van der Waals surface area contributed by atoms with Crippen LogP contribution in [-0.4, -0.2) is 36.4 Å². The largest absolute Gasteiger partial charge is 0.468 e. The van der Waals surface area contributed by atoms with Crippen molar-refractivity contribution in [1.29, 1.82) is 0 Å². The molecule has 1 aromatic heterocycles. The van der Waals surface area contributed by atoms with E-state index in [1.807, 2.05) is 38.1 Å². The van der Waals surface area contributed by atoms with E-state index in [-0.39, 0.29) is 6.61 Å². The average Bonchev–Trinajstić information content (AvgIpc) is 3.03. The summed E-state index contributed by atoms with van der Waals surface area (Å²) in [5.41, 5.74) is 5.64. The number of nitrogens with zero attached hydrogens (tertiary/aromatic N) is 1. The second kappa shape index (κ2) is 9.64. The van der Waals surface area contributed by atoms with Crippen LogP contribution in [0, 0.1) is 19.8 Å². The summed E-state index contributed by atoms with van der Waals surface area (Å²) in [5, 5.41) is 0. The molecule has 2 aromatic rings. The number of allylic oxidation sites excluding steroid dienone is 1. The molecule has 2 unspecified atom stereocenters. The molecule has 3 rings (SSSR count). The van der Waals surface area contributed by atoms with Crippen LogP contribution in [0.15, 0.2) is 51.1 Å². The molecule has 1 aliphatic rings. The monoisotopic (exact) mass is 486 g/mol. The standard InChI is InChI=1S/C24H27BrN2O4/c1-13-11-17(14(2)26-13)9-10-31-24(29)21-16(4)27-15(3)20(23(28)30-5)22(21)18-7-6-8-19(25)12-18/h6-8,11-12,20,22,26H,9-10H2,1-5H3. The molecular formula is C24H27BrN2O4. The molecule has 6 nitrogen and oxygen atoms in total. The molecule has 1 aromatic carbocycles. The molecule has 0 saturated carbocycles. The number of hydrogen-bond acceptors (Lipinski definition) is 5. The third-order valence-corrected chi connectivity index (χ3v) is 6.07. The normalized spacial score (nSPS) is 18.6. The van der Waals surface area contributed by atoms with Crippen LogP contribution in [0.25, 0.3) is 0 Å². The van der Waals surface area contributed by atoms with Crippen molar-refractivity contribution >= 4 is 33.6 Å². The van der Waals surface area contributed by atoms with Gasteiger partial charge in [-0.15, -0.1) is 0 Å². The lowest BCUT2D eigenvalue weighted by Crippen LogP contribution is -2.36. The number of esters is 2. The van der Waals surface area contributed by atoms with Crippen molar-refractivity contribution in [3.63, 3.8) is 0 Å². The van der Waals surface area contributed by atoms with E-state index in [2.05, 4.69) is 32.0 Å². The lowest BCUT2D eigenvalue weighted by molar-refractivity contribution is -0.144. The van der Waals surface area contributed by atoms with Gasteiger partial charge in [0.05, 0.1) is 19.3 Å². The Kier molecular flexibility index (Phi) is 7.15. The SMILES string of the molecule is COC(=O)C1C(C)=NC(C)=C(C(=O)OCCc2cc(C)[nH]c2C)C1c1cccc(Br)c1. The second-order valence-corrected chi connectivity index (χ2v) is 8.69. The van der Waals surface area contributed by atoms with Crippen LogP contribution in [0.5, 0.6) is 0 Å². The number of H-pyrrole nitrogens is 1. The molecule has 0 saturated heterocycles. The molecule has 0 radical (unpaired) electrons. The lowest BCUT2D eigenvalue weighted by Gasteiger charge is -2.31. The molecule has 0 aliphatic carbocycles. The van der Waals surface area contributed by atoms with Crippen LogP contribution in [0.2, 0.25) is 0 Å². The Morgan fingerprint density at radius 2 is 1.90 bits per heavy atom. The van der Waals surface area contributed by atoms with Crippen LogP contribution in [-0.2, 0) is 25.5 Å². The van der Waals surface area contributed by atoms with E-state index in [4.69, 9.17) is 9.47 Å². The lowest BCUT2D eigenvalue weighted by atomic mass is 9.75. The number of ether oxygens (including phenoxy) is 2. The number of aromatic amines is 1. The Bertz CT molecular complexity index is 1070. The maximum Gasteiger partial charge on any atom is 0.336 e. The zero-order valence-electron chi connectivity index (χ0n) is 18.4. The predicted octanol–water partition coefficient (Wildman–Crippen LogP) is 4.80. The number of aliphatic imine (C=N–C) groups is 1. The first-order chi connectivity index (χ1) is 14.7. The van der Waals surface area contributed by atoms with Gasteiger partial charge in [0.25, 0.3) is 0 Å². The van der Waals surface area contributed by atoms with E-state index in [0.29, 0.717) is 23.4 Å². The van der Waals surface area contributed by atoms with Crippen LogP contribution in [0.4, 0.5) is 0 Å². The number of carbonyl (C=O) groups excluding carboxylic acids is 2. The summed E-state index contributed by atoms with van der Waals surface area (Å²) in [7, 11) is 1.35. The highest BCUT2D eigenvalue weighted by Crippen LogP contribution is 2.40. The van der Waals surface area contributed by atoms with Crippen LogP contribution < -0.4 is 0 Å². The summed E-state index contributed by atoms with van der Waals surface area (Å²) in [5.74, 6) is -2.12. The molecule has 2 heterocycles. The molecule has 0 amide bonds. The Labute approximate surface area is 190 Å². The summed E-state index contributed by atoms with van der Waals surface area (Å²) in [6.45, 7) is 7.80. The Hall–Kier alpha value is -2.67. The highest BCUT2D eigenvalue weighted by atomic mass is 79.9. The molecule has 0 spiro atoms. The first-order valence-electron chi connectivity index (χ1n) is 10.1. The number of benzene rings is 1. The smallest absolute Gasteiger partial charge is 0.336 e. The first-order valence-corrected chi connectivity index (χ1v) is 10.9. The van der Waals surface area contributed by atoms with Gasteiger partial charge >= 0.3 is 11.9 Å². The fourth-order valence-corrected chi connectivity index (χ4v) is 4.58. The van der Waals surface area contributed by atoms with Gasteiger partial charge in [-0.3, -0.25) is 9.79 Å². The van der Waals surface area contributed by atoms with Gasteiger partial charge in [-0.05, 0) is 57.0 Å². The summed E-state index contributed by atoms with van der Waals surface area (Å²) >= 11 is 3.48. The summed E-state index contributed by atoms with van der Waals surface area (Å²) in [4.78, 5) is 33.6. The average molecular weight is 487 g/mol. The van der Waals surface area contributed by atoms with Gasteiger partial charge < -0.3 is 14.5 Å². The van der Waals surface area contributed by atoms with Crippen molar-refractivity contribution in [2.75, 3.05) is 13.7 Å². The van der Waals surface area contributed by atoms with Crippen molar-refractivity contribution in [3.8, 4) is 0 Å². The van der Waals surface area contributed by atoms with Gasteiger partial charge in [0.15, 0.2) is 0 Å². The molecule has 31 heavy (non-hydrogen) atoms. The maximum absolute atomic E-state index is 13.2. The number of carbonyl (C=O) groups is 2. The molecule has 7 heteroatoms. The Morgan fingerprint density at radius 3 is 2.52 bits per heavy atom. The number of aromatic nitrogens is 1. The summed E-state index contributed by atoms with van der Waals surface area (Å²) < 4.78 is 11.6. The number of aryl methyl sites for hydroxylation is 2. The van der Waals surface area contributed by atoms with Crippen molar-refractivity contribution in [2.45, 2.75) is 40.0 Å². The first kappa shape index (κ1) is 23.0. The topological polar surface area (TPSA) is 80.8 Å². The van der Waals surface area contributed by atoms with E-state index in [0.717, 1.165) is 27.0 Å². The minimum Gasteiger partial charge on any atom is -0.468 e. The zero-order chi connectivity index (χ0) is 22.7. The highest BCUT2D eigenvalue weighted by Gasteiger charge is 2.42. The second-order valence-electron chi connectivity index (χ2n) is 7.77. The molecule has 164 valence electrons. The molecular weight excluding hydrogens is 460 g/mol. The number of nitrogens with one attached hydrogen (secondary N) is 1. The molecule has 1 aliphatic heterocycles. The van der Waals surface area contributed by atoms with E-state index in [9.17, 15) is 9.59 Å². The molecule has 1 N–H and O–H groups in total. The molecule has 0 bridgehead atoms. The number of rotatable bonds is 6. The van der Waals surface area contributed by atoms with Crippen LogP contribution >= 0.6 is 15.9 Å². The quantitative estimate of drug-likeness (QED) is 0.594. The highest BCUT2D eigenvalue weighted by molar-refractivity contribution is 9.10. The summed E-state index contributed by atoms with van der Waals surface area (Å²) in [6.07, 6.45) is 0.610. The maximum atomic E-state index is 13.2. The van der Waals surface area contributed by atoms with Gasteiger partial charge in [-0.25, -0.2) is 4.79 Å². The third kappa shape index (κ3) is 4.98. The number of hydrogen-bond donors (Lipinski definition) is 1. The fraction of sp³-hybridized carbons (Fsp3) is 0.375. The van der Waals surface area contributed by atoms with E-state index in [1.54, 1.807) is 13.8 Å². The minimum absolute atomic E-state index is 0.241. The summed E-state index contributed by atoms with van der Waals surface area (Å²) in [6, 6.07) is 9.64. The van der Waals surface area contributed by atoms with E-state index >= 15 is 0 Å². The molecule has 0 fully saturated rings. The van der Waals surface area contributed by atoms with E-state index in [1.165, 1.54) is 7.11 Å². The Morgan fingerprint density at radius 1 is 1.16 bits per heavy atom. The molecule has 2 atom stereocenters. The predicted molar refractivity (Wildman–Crippen MR) is 123 cm³/mol. The zero-order valence-corrected chi connectivity index (χ0v) is 20.0. The van der Waals surface area contributed by atoms with E-state index < -0.39 is 23.8 Å². The van der Waals surface area contributed by atoms with Crippen LogP contribution in [0.3, 0.4) is 0 Å². The fourth-order valence-electron chi connectivity index (χ4n) is 4.17. The number of methoxy groups -OCH3 is 1. The van der Waals surface area contributed by atoms with Gasteiger partial charge in [0.1, 0.15) is 5.92 Å².